The number of aliphatic hydroxyl groups is 1. The molecule has 28 heavy (non-hydrogen) atoms. The fourth-order valence-corrected chi connectivity index (χ4v) is 3.21. The van der Waals surface area contributed by atoms with Crippen molar-refractivity contribution in [2.45, 2.75) is 71.6 Å². The lowest BCUT2D eigenvalue weighted by Gasteiger charge is -2.42. The molecule has 2 rings (SSSR count). The Kier molecular flexibility index (Phi) is 7.01. The minimum absolute atomic E-state index is 0.110. The summed E-state index contributed by atoms with van der Waals surface area (Å²) in [7, 11) is 0. The molecule has 2 unspecified atom stereocenters. The van der Waals surface area contributed by atoms with Gasteiger partial charge in [-0.15, -0.1) is 0 Å². The molecule has 1 aromatic rings. The third-order valence-electron chi connectivity index (χ3n) is 4.99. The molecule has 1 heterocycles. The second-order valence-corrected chi connectivity index (χ2v) is 8.10. The summed E-state index contributed by atoms with van der Waals surface area (Å²) >= 11 is 0. The predicted molar refractivity (Wildman–Crippen MR) is 108 cm³/mol. The van der Waals surface area contributed by atoms with Gasteiger partial charge in [0.1, 0.15) is 23.1 Å². The highest BCUT2D eigenvalue weighted by atomic mass is 16.6. The summed E-state index contributed by atoms with van der Waals surface area (Å²) < 4.78 is 5.88. The highest BCUT2D eigenvalue weighted by Gasteiger charge is 2.43. The van der Waals surface area contributed by atoms with E-state index in [1.54, 1.807) is 33.8 Å². The number of hydrogen-bond donors (Lipinski definition) is 3. The van der Waals surface area contributed by atoms with Crippen LogP contribution in [-0.4, -0.2) is 34.2 Å². The average Bonchev–Trinajstić information content (AvgIpc) is 2.61. The van der Waals surface area contributed by atoms with E-state index < -0.39 is 22.7 Å². The van der Waals surface area contributed by atoms with Gasteiger partial charge in [-0.2, -0.15) is 0 Å². The maximum Gasteiger partial charge on any atom is 0.296 e. The van der Waals surface area contributed by atoms with Crippen LogP contribution in [0.4, 0.5) is 11.4 Å². The van der Waals surface area contributed by atoms with Crippen molar-refractivity contribution in [1.29, 1.82) is 0 Å². The summed E-state index contributed by atoms with van der Waals surface area (Å²) in [5.41, 5.74) is -0.428. The molecule has 0 fully saturated rings. The number of nitro benzene ring substituents is 1. The van der Waals surface area contributed by atoms with Crippen molar-refractivity contribution in [2.75, 3.05) is 11.9 Å². The molecule has 0 spiro atoms. The first kappa shape index (κ1) is 22.1. The van der Waals surface area contributed by atoms with E-state index in [1.807, 2.05) is 0 Å². The van der Waals surface area contributed by atoms with Crippen LogP contribution in [0.5, 0.6) is 5.75 Å². The molecule has 1 amide bonds. The number of nitrogens with zero attached hydrogens (tertiary/aromatic N) is 1. The molecule has 0 aromatic heterocycles. The number of amides is 1. The zero-order valence-electron chi connectivity index (χ0n) is 17.2. The molecule has 0 bridgehead atoms. The number of rotatable bonds is 8. The number of nitro groups is 1. The fourth-order valence-electron chi connectivity index (χ4n) is 3.21. The molecular formula is C20H31N3O5. The van der Waals surface area contributed by atoms with Gasteiger partial charge in [0.15, 0.2) is 0 Å². The highest BCUT2D eigenvalue weighted by Crippen LogP contribution is 2.44. The summed E-state index contributed by atoms with van der Waals surface area (Å²) in [6, 6.07) is 2.43. The van der Waals surface area contributed by atoms with Crippen LogP contribution < -0.4 is 15.4 Å². The Morgan fingerprint density at radius 1 is 1.36 bits per heavy atom. The molecule has 1 aliphatic rings. The summed E-state index contributed by atoms with van der Waals surface area (Å²) in [5, 5.41) is 28.4. The molecule has 0 aliphatic carbocycles. The number of anilines is 1. The zero-order chi connectivity index (χ0) is 21.1. The van der Waals surface area contributed by atoms with Crippen LogP contribution in [0.3, 0.4) is 0 Å². The fraction of sp³-hybridized carbons (Fsp3) is 0.650. The zero-order valence-corrected chi connectivity index (χ0v) is 17.2. The van der Waals surface area contributed by atoms with E-state index in [-0.39, 0.29) is 23.2 Å². The number of hydrogen-bond acceptors (Lipinski definition) is 6. The van der Waals surface area contributed by atoms with E-state index in [4.69, 9.17) is 4.74 Å². The maximum atomic E-state index is 12.1. The lowest BCUT2D eigenvalue weighted by atomic mass is 9.86. The predicted octanol–water partition coefficient (Wildman–Crippen LogP) is 3.54. The van der Waals surface area contributed by atoms with E-state index in [9.17, 15) is 20.0 Å². The van der Waals surface area contributed by atoms with Crippen LogP contribution in [0, 0.1) is 16.0 Å². The lowest BCUT2D eigenvalue weighted by Crippen LogP contribution is -2.52. The molecule has 3 N–H and O–H groups in total. The molecular weight excluding hydrogens is 362 g/mol. The number of aliphatic hydroxyl groups excluding tert-OH is 1. The van der Waals surface area contributed by atoms with E-state index in [2.05, 4.69) is 17.6 Å². The topological polar surface area (TPSA) is 114 Å². The molecule has 0 saturated heterocycles. The second-order valence-electron chi connectivity index (χ2n) is 8.10. The van der Waals surface area contributed by atoms with Gasteiger partial charge in [-0.25, -0.2) is 0 Å². The van der Waals surface area contributed by atoms with E-state index in [0.29, 0.717) is 17.9 Å². The molecule has 8 heteroatoms. The number of nitrogens with one attached hydrogen (secondary N) is 2. The van der Waals surface area contributed by atoms with Crippen molar-refractivity contribution in [3.63, 3.8) is 0 Å². The Morgan fingerprint density at radius 3 is 2.61 bits per heavy atom. The second kappa shape index (κ2) is 8.87. The van der Waals surface area contributed by atoms with Gasteiger partial charge in [0.2, 0.25) is 5.91 Å². The molecule has 156 valence electrons. The number of ether oxygens (including phenoxy) is 1. The minimum atomic E-state index is -0.911. The molecule has 1 aliphatic heterocycles. The van der Waals surface area contributed by atoms with Gasteiger partial charge in [-0.3, -0.25) is 14.9 Å². The SMILES string of the molecule is CCCCCNC1c2cc(NC(=O)C(C)C)c([N+](=O)[O-])cc2OC(C)(C)C1O. The molecule has 0 radical (unpaired) electrons. The van der Waals surface area contributed by atoms with Crippen LogP contribution in [0.25, 0.3) is 0 Å². The van der Waals surface area contributed by atoms with Crippen LogP contribution in [0.1, 0.15) is 65.5 Å². The van der Waals surface area contributed by atoms with Crippen LogP contribution in [0.15, 0.2) is 12.1 Å². The maximum absolute atomic E-state index is 12.1. The highest BCUT2D eigenvalue weighted by molar-refractivity contribution is 5.94. The summed E-state index contributed by atoms with van der Waals surface area (Å²) in [4.78, 5) is 23.1. The molecule has 2 atom stereocenters. The Morgan fingerprint density at radius 2 is 2.04 bits per heavy atom. The summed E-state index contributed by atoms with van der Waals surface area (Å²) in [5.74, 6) is -0.287. The summed E-state index contributed by atoms with van der Waals surface area (Å²) in [6.07, 6.45) is 2.26. The Hall–Kier alpha value is -2.19. The number of carbonyl (C=O) groups is 1. The molecule has 8 nitrogen and oxygen atoms in total. The monoisotopic (exact) mass is 393 g/mol. The van der Waals surface area contributed by atoms with Crippen molar-refractivity contribution in [2.24, 2.45) is 5.92 Å². The van der Waals surface area contributed by atoms with Crippen LogP contribution >= 0.6 is 0 Å². The Bertz CT molecular complexity index is 733. The third kappa shape index (κ3) is 4.80. The van der Waals surface area contributed by atoms with E-state index >= 15 is 0 Å². The van der Waals surface area contributed by atoms with Crippen molar-refractivity contribution in [1.82, 2.24) is 5.32 Å². The van der Waals surface area contributed by atoms with Crippen LogP contribution in [-0.2, 0) is 4.79 Å². The quantitative estimate of drug-likeness (QED) is 0.354. The number of unbranched alkanes of at least 4 members (excludes halogenated alkanes) is 2. The van der Waals surface area contributed by atoms with Crippen molar-refractivity contribution in [3.05, 3.63) is 27.8 Å². The van der Waals surface area contributed by atoms with Gasteiger partial charge >= 0.3 is 0 Å². The number of carbonyl (C=O) groups excluding carboxylic acids is 1. The van der Waals surface area contributed by atoms with Crippen molar-refractivity contribution < 1.29 is 19.6 Å². The number of fused-ring (bicyclic) bond motifs is 1. The van der Waals surface area contributed by atoms with Gasteiger partial charge in [-0.05, 0) is 32.9 Å². The van der Waals surface area contributed by atoms with Crippen LogP contribution in [0.2, 0.25) is 0 Å². The van der Waals surface area contributed by atoms with Gasteiger partial charge in [0, 0.05) is 11.5 Å². The normalized spacial score (nSPS) is 20.4. The average molecular weight is 393 g/mol. The Labute approximate surface area is 165 Å². The van der Waals surface area contributed by atoms with E-state index in [0.717, 1.165) is 19.3 Å². The lowest BCUT2D eigenvalue weighted by molar-refractivity contribution is -0.384. The third-order valence-corrected chi connectivity index (χ3v) is 4.99. The first-order valence-electron chi connectivity index (χ1n) is 9.82. The first-order valence-corrected chi connectivity index (χ1v) is 9.82. The largest absolute Gasteiger partial charge is 0.484 e. The van der Waals surface area contributed by atoms with Gasteiger partial charge in [0.25, 0.3) is 5.69 Å². The van der Waals surface area contributed by atoms with Gasteiger partial charge in [0.05, 0.1) is 17.0 Å². The standard InChI is InChI=1S/C20H31N3O5/c1-6-7-8-9-21-17-13-10-14(22-19(25)12(2)3)15(23(26)27)11-16(13)28-20(4,5)18(17)24/h10-12,17-18,21,24H,6-9H2,1-5H3,(H,22,25). The van der Waals surface area contributed by atoms with Gasteiger partial charge < -0.3 is 20.5 Å². The van der Waals surface area contributed by atoms with Gasteiger partial charge in [-0.1, -0.05) is 33.6 Å². The summed E-state index contributed by atoms with van der Waals surface area (Å²) in [6.45, 7) is 9.75. The minimum Gasteiger partial charge on any atom is -0.484 e. The Balaban J connectivity index is 2.46. The first-order chi connectivity index (χ1) is 13.1. The van der Waals surface area contributed by atoms with Crippen molar-refractivity contribution in [3.8, 4) is 5.75 Å². The van der Waals surface area contributed by atoms with E-state index in [1.165, 1.54) is 6.07 Å². The molecule has 1 aromatic carbocycles. The smallest absolute Gasteiger partial charge is 0.296 e. The van der Waals surface area contributed by atoms with Crippen molar-refractivity contribution >= 4 is 17.3 Å². The molecule has 0 saturated carbocycles. The number of benzene rings is 1.